The van der Waals surface area contributed by atoms with Crippen molar-refractivity contribution in [2.45, 2.75) is 13.0 Å². The summed E-state index contributed by atoms with van der Waals surface area (Å²) in [7, 11) is 1.49. The summed E-state index contributed by atoms with van der Waals surface area (Å²) in [6, 6.07) is 3.54. The zero-order valence-electron chi connectivity index (χ0n) is 10.7. The normalized spacial score (nSPS) is 12.1. The van der Waals surface area contributed by atoms with E-state index in [9.17, 15) is 9.59 Å². The second-order valence-corrected chi connectivity index (χ2v) is 4.23. The van der Waals surface area contributed by atoms with Gasteiger partial charge in [-0.1, -0.05) is 6.07 Å². The van der Waals surface area contributed by atoms with Crippen molar-refractivity contribution in [3.05, 3.63) is 50.9 Å². The SMILES string of the molecule is CC(Nc1c(N)n(C)c(=O)[nH]c1=O)c1cccnc1. The van der Waals surface area contributed by atoms with Gasteiger partial charge in [-0.25, -0.2) is 4.79 Å². The van der Waals surface area contributed by atoms with Crippen molar-refractivity contribution in [1.29, 1.82) is 0 Å². The molecule has 0 bridgehead atoms. The number of nitrogens with zero attached hydrogens (tertiary/aromatic N) is 2. The van der Waals surface area contributed by atoms with Gasteiger partial charge in [-0.05, 0) is 18.6 Å². The van der Waals surface area contributed by atoms with Crippen LogP contribution in [0.3, 0.4) is 0 Å². The Bertz CT molecular complexity index is 690. The number of nitrogen functional groups attached to an aromatic ring is 1. The summed E-state index contributed by atoms with van der Waals surface area (Å²) in [5.74, 6) is 0.101. The molecule has 4 N–H and O–H groups in total. The zero-order chi connectivity index (χ0) is 14.0. The number of nitrogens with two attached hydrogens (primary N) is 1. The topological polar surface area (TPSA) is 106 Å². The molecule has 19 heavy (non-hydrogen) atoms. The summed E-state index contributed by atoms with van der Waals surface area (Å²) in [4.78, 5) is 29.3. The highest BCUT2D eigenvalue weighted by Crippen LogP contribution is 2.18. The molecule has 0 radical (unpaired) electrons. The number of aromatic nitrogens is 3. The molecule has 1 atom stereocenters. The molecule has 0 aliphatic heterocycles. The molecule has 0 amide bonds. The minimum Gasteiger partial charge on any atom is -0.383 e. The Kier molecular flexibility index (Phi) is 3.37. The van der Waals surface area contributed by atoms with Crippen LogP contribution in [-0.4, -0.2) is 14.5 Å². The van der Waals surface area contributed by atoms with Gasteiger partial charge in [0.15, 0.2) is 0 Å². The molecule has 7 heteroatoms. The van der Waals surface area contributed by atoms with Gasteiger partial charge in [-0.2, -0.15) is 0 Å². The van der Waals surface area contributed by atoms with Gasteiger partial charge < -0.3 is 11.1 Å². The van der Waals surface area contributed by atoms with E-state index in [4.69, 9.17) is 5.73 Å². The van der Waals surface area contributed by atoms with E-state index in [1.165, 1.54) is 11.6 Å². The first-order valence-corrected chi connectivity index (χ1v) is 5.76. The maximum absolute atomic E-state index is 11.8. The van der Waals surface area contributed by atoms with Gasteiger partial charge in [0.25, 0.3) is 5.56 Å². The van der Waals surface area contributed by atoms with Crippen LogP contribution in [0.5, 0.6) is 0 Å². The van der Waals surface area contributed by atoms with Crippen LogP contribution in [0.15, 0.2) is 34.1 Å². The first-order valence-electron chi connectivity index (χ1n) is 5.76. The standard InChI is InChI=1S/C12H15N5O2/c1-7(8-4-3-5-14-6-8)15-9-10(13)17(2)12(19)16-11(9)18/h3-7,15H,13H2,1-2H3,(H,16,18,19). The second-order valence-electron chi connectivity index (χ2n) is 4.23. The molecule has 2 aromatic rings. The average molecular weight is 261 g/mol. The van der Waals surface area contributed by atoms with Crippen molar-refractivity contribution in [2.75, 3.05) is 11.1 Å². The van der Waals surface area contributed by atoms with E-state index in [0.717, 1.165) is 5.56 Å². The minimum atomic E-state index is -0.540. The van der Waals surface area contributed by atoms with Crippen molar-refractivity contribution < 1.29 is 0 Å². The van der Waals surface area contributed by atoms with E-state index in [-0.39, 0.29) is 17.5 Å². The van der Waals surface area contributed by atoms with Crippen LogP contribution in [-0.2, 0) is 7.05 Å². The summed E-state index contributed by atoms with van der Waals surface area (Å²) in [6.45, 7) is 1.88. The predicted octanol–water partition coefficient (Wildman–Crippen LogP) is 0.224. The van der Waals surface area contributed by atoms with Gasteiger partial charge in [-0.15, -0.1) is 0 Å². The van der Waals surface area contributed by atoms with Crippen molar-refractivity contribution in [3.8, 4) is 0 Å². The number of H-pyrrole nitrogens is 1. The zero-order valence-corrected chi connectivity index (χ0v) is 10.7. The fourth-order valence-corrected chi connectivity index (χ4v) is 1.71. The molecular formula is C12H15N5O2. The van der Waals surface area contributed by atoms with E-state index in [1.807, 2.05) is 19.1 Å². The number of aromatic amines is 1. The first-order chi connectivity index (χ1) is 9.00. The number of rotatable bonds is 3. The molecule has 0 fully saturated rings. The third kappa shape index (κ3) is 2.49. The summed E-state index contributed by atoms with van der Waals surface area (Å²) in [5.41, 5.74) is 5.80. The van der Waals surface area contributed by atoms with Crippen LogP contribution < -0.4 is 22.3 Å². The highest BCUT2D eigenvalue weighted by Gasteiger charge is 2.13. The van der Waals surface area contributed by atoms with Gasteiger partial charge in [0.2, 0.25) is 0 Å². The molecule has 2 heterocycles. The highest BCUT2D eigenvalue weighted by molar-refractivity contribution is 5.61. The fourth-order valence-electron chi connectivity index (χ4n) is 1.71. The predicted molar refractivity (Wildman–Crippen MR) is 73.0 cm³/mol. The molecule has 0 aliphatic carbocycles. The molecule has 0 saturated heterocycles. The smallest absolute Gasteiger partial charge is 0.329 e. The Morgan fingerprint density at radius 2 is 2.21 bits per heavy atom. The van der Waals surface area contributed by atoms with Crippen LogP contribution in [0.2, 0.25) is 0 Å². The maximum Gasteiger partial charge on any atom is 0.329 e. The molecule has 2 aromatic heterocycles. The number of nitrogens with one attached hydrogen (secondary N) is 2. The number of hydrogen-bond donors (Lipinski definition) is 3. The third-order valence-electron chi connectivity index (χ3n) is 2.91. The molecule has 0 aliphatic rings. The van der Waals surface area contributed by atoms with Gasteiger partial charge in [0.05, 0.1) is 6.04 Å². The summed E-state index contributed by atoms with van der Waals surface area (Å²) in [5, 5.41) is 2.99. The number of pyridine rings is 1. The maximum atomic E-state index is 11.8. The molecule has 2 rings (SSSR count). The molecule has 7 nitrogen and oxygen atoms in total. The highest BCUT2D eigenvalue weighted by atomic mass is 16.2. The average Bonchev–Trinajstić information content (AvgIpc) is 2.42. The monoisotopic (exact) mass is 261 g/mol. The molecule has 0 aromatic carbocycles. The van der Waals surface area contributed by atoms with E-state index >= 15 is 0 Å². The second kappa shape index (κ2) is 4.97. The lowest BCUT2D eigenvalue weighted by atomic mass is 10.1. The van der Waals surface area contributed by atoms with Crippen LogP contribution in [0.25, 0.3) is 0 Å². The van der Waals surface area contributed by atoms with E-state index in [1.54, 1.807) is 12.4 Å². The van der Waals surface area contributed by atoms with Gasteiger partial charge in [0, 0.05) is 19.4 Å². The Morgan fingerprint density at radius 3 is 2.84 bits per heavy atom. The summed E-state index contributed by atoms with van der Waals surface area (Å²) < 4.78 is 1.18. The van der Waals surface area contributed by atoms with Crippen LogP contribution in [0, 0.1) is 0 Å². The van der Waals surface area contributed by atoms with E-state index in [0.29, 0.717) is 0 Å². The molecule has 100 valence electrons. The van der Waals surface area contributed by atoms with E-state index in [2.05, 4.69) is 15.3 Å². The van der Waals surface area contributed by atoms with Crippen LogP contribution in [0.1, 0.15) is 18.5 Å². The van der Waals surface area contributed by atoms with Crippen molar-refractivity contribution in [1.82, 2.24) is 14.5 Å². The third-order valence-corrected chi connectivity index (χ3v) is 2.91. The molecule has 1 unspecified atom stereocenters. The fraction of sp³-hybridized carbons (Fsp3) is 0.250. The summed E-state index contributed by atoms with van der Waals surface area (Å²) >= 11 is 0. The Morgan fingerprint density at radius 1 is 1.47 bits per heavy atom. The van der Waals surface area contributed by atoms with Gasteiger partial charge in [0.1, 0.15) is 11.5 Å². The van der Waals surface area contributed by atoms with Crippen molar-refractivity contribution in [3.63, 3.8) is 0 Å². The number of hydrogen-bond acceptors (Lipinski definition) is 5. The molecule has 0 saturated carbocycles. The quantitative estimate of drug-likeness (QED) is 0.733. The largest absolute Gasteiger partial charge is 0.383 e. The lowest BCUT2D eigenvalue weighted by Gasteiger charge is -2.16. The van der Waals surface area contributed by atoms with Crippen LogP contribution in [0.4, 0.5) is 11.5 Å². The first kappa shape index (κ1) is 12.9. The Labute approximate surface area is 109 Å². The van der Waals surface area contributed by atoms with Crippen molar-refractivity contribution in [2.24, 2.45) is 7.05 Å². The number of anilines is 2. The van der Waals surface area contributed by atoms with Gasteiger partial charge in [-0.3, -0.25) is 19.3 Å². The lowest BCUT2D eigenvalue weighted by molar-refractivity contribution is 0.800. The van der Waals surface area contributed by atoms with Crippen molar-refractivity contribution >= 4 is 11.5 Å². The minimum absolute atomic E-state index is 0.101. The summed E-state index contributed by atoms with van der Waals surface area (Å²) in [6.07, 6.45) is 3.37. The Hall–Kier alpha value is -2.57. The van der Waals surface area contributed by atoms with Gasteiger partial charge >= 0.3 is 5.69 Å². The van der Waals surface area contributed by atoms with Crippen LogP contribution >= 0.6 is 0 Å². The van der Waals surface area contributed by atoms with E-state index < -0.39 is 11.2 Å². The molecular weight excluding hydrogens is 246 g/mol. The lowest BCUT2D eigenvalue weighted by Crippen LogP contribution is -2.32. The molecule has 0 spiro atoms. The Balaban J connectivity index is 2.37.